The Hall–Kier alpha value is -2.30. The molecule has 2 rings (SSSR count). The maximum atomic E-state index is 10.8. The summed E-state index contributed by atoms with van der Waals surface area (Å²) in [5, 5.41) is 12.4. The fourth-order valence-corrected chi connectivity index (χ4v) is 1.63. The lowest BCUT2D eigenvalue weighted by atomic mass is 10.1. The SMILES string of the molecule is CC(=O)NCc1ccc2cc(C(=O)O)[nH]c2c1. The fourth-order valence-electron chi connectivity index (χ4n) is 1.63. The van der Waals surface area contributed by atoms with Crippen LogP contribution in [-0.4, -0.2) is 22.0 Å². The van der Waals surface area contributed by atoms with Gasteiger partial charge < -0.3 is 15.4 Å². The summed E-state index contributed by atoms with van der Waals surface area (Å²) in [4.78, 5) is 24.4. The Morgan fingerprint density at radius 2 is 2.12 bits per heavy atom. The van der Waals surface area contributed by atoms with Crippen molar-refractivity contribution in [2.24, 2.45) is 0 Å². The molecule has 0 aliphatic rings. The van der Waals surface area contributed by atoms with Gasteiger partial charge in [0.15, 0.2) is 0 Å². The van der Waals surface area contributed by atoms with E-state index in [4.69, 9.17) is 5.11 Å². The maximum Gasteiger partial charge on any atom is 0.352 e. The highest BCUT2D eigenvalue weighted by Gasteiger charge is 2.07. The monoisotopic (exact) mass is 232 g/mol. The first-order chi connectivity index (χ1) is 8.06. The molecule has 0 radical (unpaired) electrons. The van der Waals surface area contributed by atoms with Crippen LogP contribution in [0.1, 0.15) is 23.0 Å². The molecule has 0 aliphatic carbocycles. The van der Waals surface area contributed by atoms with Gasteiger partial charge in [-0.25, -0.2) is 4.79 Å². The normalized spacial score (nSPS) is 10.4. The molecule has 1 aromatic carbocycles. The Morgan fingerprint density at radius 3 is 2.76 bits per heavy atom. The molecule has 0 saturated carbocycles. The van der Waals surface area contributed by atoms with Crippen LogP contribution in [0.2, 0.25) is 0 Å². The molecule has 3 N–H and O–H groups in total. The highest BCUT2D eigenvalue weighted by molar-refractivity contribution is 5.93. The third-order valence-electron chi connectivity index (χ3n) is 2.46. The van der Waals surface area contributed by atoms with Gasteiger partial charge in [0.1, 0.15) is 5.69 Å². The summed E-state index contributed by atoms with van der Waals surface area (Å²) in [6.07, 6.45) is 0. The lowest BCUT2D eigenvalue weighted by Gasteiger charge is -2.02. The standard InChI is InChI=1S/C12H12N2O3/c1-7(15)13-6-8-2-3-9-5-11(12(16)17)14-10(9)4-8/h2-5,14H,6H2,1H3,(H,13,15)(H,16,17). The van der Waals surface area contributed by atoms with E-state index in [-0.39, 0.29) is 11.6 Å². The molecule has 88 valence electrons. The van der Waals surface area contributed by atoms with E-state index in [1.54, 1.807) is 6.07 Å². The number of aromatic amines is 1. The zero-order valence-corrected chi connectivity index (χ0v) is 9.28. The summed E-state index contributed by atoms with van der Waals surface area (Å²) in [6, 6.07) is 7.10. The maximum absolute atomic E-state index is 10.8. The molecular formula is C12H12N2O3. The molecule has 0 atom stereocenters. The molecular weight excluding hydrogens is 220 g/mol. The van der Waals surface area contributed by atoms with E-state index in [0.29, 0.717) is 6.54 Å². The number of fused-ring (bicyclic) bond motifs is 1. The summed E-state index contributed by atoms with van der Waals surface area (Å²) in [5.74, 6) is -1.08. The Bertz CT molecular complexity index is 586. The first kappa shape index (κ1) is 11.2. The van der Waals surface area contributed by atoms with Crippen molar-refractivity contribution in [2.45, 2.75) is 13.5 Å². The summed E-state index contributed by atoms with van der Waals surface area (Å²) in [7, 11) is 0. The van der Waals surface area contributed by atoms with Crippen LogP contribution in [0.4, 0.5) is 0 Å². The molecule has 1 amide bonds. The average Bonchev–Trinajstić information content (AvgIpc) is 2.69. The molecule has 5 nitrogen and oxygen atoms in total. The fraction of sp³-hybridized carbons (Fsp3) is 0.167. The van der Waals surface area contributed by atoms with Crippen molar-refractivity contribution < 1.29 is 14.7 Å². The second-order valence-electron chi connectivity index (χ2n) is 3.82. The minimum absolute atomic E-state index is 0.0946. The van der Waals surface area contributed by atoms with E-state index < -0.39 is 5.97 Å². The average molecular weight is 232 g/mol. The molecule has 0 unspecified atom stereocenters. The lowest BCUT2D eigenvalue weighted by Crippen LogP contribution is -2.18. The van der Waals surface area contributed by atoms with Crippen molar-refractivity contribution in [3.05, 3.63) is 35.5 Å². The molecule has 0 bridgehead atoms. The van der Waals surface area contributed by atoms with E-state index in [9.17, 15) is 9.59 Å². The van der Waals surface area contributed by atoms with Gasteiger partial charge >= 0.3 is 5.97 Å². The Kier molecular flexibility index (Phi) is 2.82. The molecule has 0 saturated heterocycles. The van der Waals surface area contributed by atoms with Crippen LogP contribution in [0, 0.1) is 0 Å². The number of carboxylic acids is 1. The zero-order chi connectivity index (χ0) is 12.4. The third-order valence-corrected chi connectivity index (χ3v) is 2.46. The van der Waals surface area contributed by atoms with Crippen LogP contribution in [0.3, 0.4) is 0 Å². The summed E-state index contributed by atoms with van der Waals surface area (Å²) in [6.45, 7) is 1.89. The quantitative estimate of drug-likeness (QED) is 0.750. The number of hydrogen-bond acceptors (Lipinski definition) is 2. The predicted octanol–water partition coefficient (Wildman–Crippen LogP) is 1.50. The van der Waals surface area contributed by atoms with Crippen molar-refractivity contribution in [1.82, 2.24) is 10.3 Å². The number of nitrogens with one attached hydrogen (secondary N) is 2. The lowest BCUT2D eigenvalue weighted by molar-refractivity contribution is -0.119. The molecule has 0 fully saturated rings. The topological polar surface area (TPSA) is 82.2 Å². The van der Waals surface area contributed by atoms with Crippen LogP contribution >= 0.6 is 0 Å². The number of hydrogen-bond donors (Lipinski definition) is 3. The third kappa shape index (κ3) is 2.44. The summed E-state index contributed by atoms with van der Waals surface area (Å²) in [5.41, 5.74) is 1.84. The van der Waals surface area contributed by atoms with Gasteiger partial charge in [-0.2, -0.15) is 0 Å². The summed E-state index contributed by atoms with van der Waals surface area (Å²) < 4.78 is 0. The second kappa shape index (κ2) is 4.29. The van der Waals surface area contributed by atoms with Crippen molar-refractivity contribution >= 4 is 22.8 Å². The first-order valence-corrected chi connectivity index (χ1v) is 5.15. The molecule has 0 aliphatic heterocycles. The molecule has 0 spiro atoms. The molecule has 1 heterocycles. The van der Waals surface area contributed by atoms with E-state index >= 15 is 0 Å². The van der Waals surface area contributed by atoms with E-state index in [1.165, 1.54) is 6.92 Å². The van der Waals surface area contributed by atoms with Crippen molar-refractivity contribution in [2.75, 3.05) is 0 Å². The number of carboxylic acid groups (broad SMARTS) is 1. The highest BCUT2D eigenvalue weighted by Crippen LogP contribution is 2.17. The number of aromatic nitrogens is 1. The van der Waals surface area contributed by atoms with E-state index in [2.05, 4.69) is 10.3 Å². The van der Waals surface area contributed by atoms with Crippen LogP contribution in [0.5, 0.6) is 0 Å². The number of rotatable bonds is 3. The van der Waals surface area contributed by atoms with Crippen LogP contribution in [-0.2, 0) is 11.3 Å². The molecule has 17 heavy (non-hydrogen) atoms. The highest BCUT2D eigenvalue weighted by atomic mass is 16.4. The first-order valence-electron chi connectivity index (χ1n) is 5.15. The Labute approximate surface area is 97.4 Å². The Balaban J connectivity index is 2.30. The van der Waals surface area contributed by atoms with Gasteiger partial charge in [-0.3, -0.25) is 4.79 Å². The van der Waals surface area contributed by atoms with E-state index in [0.717, 1.165) is 16.5 Å². The minimum Gasteiger partial charge on any atom is -0.477 e. The largest absolute Gasteiger partial charge is 0.477 e. The van der Waals surface area contributed by atoms with Gasteiger partial charge in [0, 0.05) is 24.4 Å². The number of aromatic carboxylic acids is 1. The van der Waals surface area contributed by atoms with Crippen LogP contribution in [0.25, 0.3) is 10.9 Å². The predicted molar refractivity (Wildman–Crippen MR) is 62.8 cm³/mol. The number of benzene rings is 1. The van der Waals surface area contributed by atoms with Gasteiger partial charge in [0.05, 0.1) is 0 Å². The van der Waals surface area contributed by atoms with Crippen LogP contribution in [0.15, 0.2) is 24.3 Å². The zero-order valence-electron chi connectivity index (χ0n) is 9.28. The molecule has 5 heteroatoms. The number of carbonyl (C=O) groups excluding carboxylic acids is 1. The van der Waals surface area contributed by atoms with Gasteiger partial charge in [-0.1, -0.05) is 12.1 Å². The van der Waals surface area contributed by atoms with Crippen molar-refractivity contribution in [3.8, 4) is 0 Å². The van der Waals surface area contributed by atoms with Crippen molar-refractivity contribution in [3.63, 3.8) is 0 Å². The van der Waals surface area contributed by atoms with Crippen molar-refractivity contribution in [1.29, 1.82) is 0 Å². The van der Waals surface area contributed by atoms with Gasteiger partial charge in [0.25, 0.3) is 0 Å². The van der Waals surface area contributed by atoms with Gasteiger partial charge in [-0.05, 0) is 17.7 Å². The van der Waals surface area contributed by atoms with Gasteiger partial charge in [-0.15, -0.1) is 0 Å². The Morgan fingerprint density at radius 1 is 1.35 bits per heavy atom. The molecule has 1 aromatic heterocycles. The number of carbonyl (C=O) groups is 2. The van der Waals surface area contributed by atoms with Gasteiger partial charge in [0.2, 0.25) is 5.91 Å². The smallest absolute Gasteiger partial charge is 0.352 e. The minimum atomic E-state index is -0.982. The van der Waals surface area contributed by atoms with E-state index in [1.807, 2.05) is 18.2 Å². The summed E-state index contributed by atoms with van der Waals surface area (Å²) >= 11 is 0. The van der Waals surface area contributed by atoms with Crippen LogP contribution < -0.4 is 5.32 Å². The number of H-pyrrole nitrogens is 1. The molecule has 2 aromatic rings. The second-order valence-corrected chi connectivity index (χ2v) is 3.82. The number of amides is 1.